The van der Waals surface area contributed by atoms with Crippen molar-refractivity contribution in [2.24, 2.45) is 5.92 Å². The van der Waals surface area contributed by atoms with Crippen LogP contribution in [0.3, 0.4) is 0 Å². The first kappa shape index (κ1) is 16.8. The molecule has 1 N–H and O–H groups in total. The Morgan fingerprint density at radius 1 is 1.05 bits per heavy atom. The SMILES string of the molecule is COc1cc(OC)c(C(=O)CC(C)CC(=O)O)c(OC)c1. The predicted octanol–water partition coefficient (Wildman–Crippen LogP) is 2.40. The number of carbonyl (C=O) groups is 2. The molecule has 1 aromatic rings. The predicted molar refractivity (Wildman–Crippen MR) is 76.5 cm³/mol. The minimum absolute atomic E-state index is 0.0630. The molecule has 1 aromatic carbocycles. The lowest BCUT2D eigenvalue weighted by Gasteiger charge is -2.15. The van der Waals surface area contributed by atoms with Crippen LogP contribution in [-0.4, -0.2) is 38.2 Å². The molecule has 0 aromatic heterocycles. The van der Waals surface area contributed by atoms with Crippen LogP contribution in [0.4, 0.5) is 0 Å². The average molecular weight is 296 g/mol. The highest BCUT2D eigenvalue weighted by atomic mass is 16.5. The lowest BCUT2D eigenvalue weighted by atomic mass is 9.96. The Bertz CT molecular complexity index is 498. The Morgan fingerprint density at radius 3 is 1.95 bits per heavy atom. The zero-order valence-electron chi connectivity index (χ0n) is 12.6. The van der Waals surface area contributed by atoms with E-state index >= 15 is 0 Å². The van der Waals surface area contributed by atoms with Gasteiger partial charge in [0.25, 0.3) is 0 Å². The van der Waals surface area contributed by atoms with E-state index in [1.807, 2.05) is 0 Å². The normalized spacial score (nSPS) is 11.6. The third-order valence-electron chi connectivity index (χ3n) is 3.05. The Labute approximate surface area is 123 Å². The Balaban J connectivity index is 3.09. The van der Waals surface area contributed by atoms with Gasteiger partial charge in [0.05, 0.1) is 21.3 Å². The van der Waals surface area contributed by atoms with Crippen molar-refractivity contribution in [3.8, 4) is 17.2 Å². The molecule has 0 heterocycles. The van der Waals surface area contributed by atoms with Gasteiger partial charge in [0.15, 0.2) is 5.78 Å². The zero-order chi connectivity index (χ0) is 16.0. The number of rotatable bonds is 8. The number of carbonyl (C=O) groups excluding carboxylic acids is 1. The van der Waals surface area contributed by atoms with E-state index in [9.17, 15) is 9.59 Å². The number of aliphatic carboxylic acids is 1. The average Bonchev–Trinajstić information content (AvgIpc) is 2.44. The molecule has 0 amide bonds. The summed E-state index contributed by atoms with van der Waals surface area (Å²) in [6, 6.07) is 3.19. The van der Waals surface area contributed by atoms with Crippen molar-refractivity contribution in [2.45, 2.75) is 19.8 Å². The first-order chi connectivity index (χ1) is 9.92. The quantitative estimate of drug-likeness (QED) is 0.742. The van der Waals surface area contributed by atoms with Crippen molar-refractivity contribution in [1.29, 1.82) is 0 Å². The number of hydrogen-bond acceptors (Lipinski definition) is 5. The number of ketones is 1. The molecule has 1 rings (SSSR count). The monoisotopic (exact) mass is 296 g/mol. The van der Waals surface area contributed by atoms with Gasteiger partial charge in [-0.05, 0) is 5.92 Å². The zero-order valence-corrected chi connectivity index (χ0v) is 12.6. The molecule has 0 aliphatic heterocycles. The van der Waals surface area contributed by atoms with Gasteiger partial charge in [0.2, 0.25) is 0 Å². The molecule has 0 radical (unpaired) electrons. The molecule has 0 saturated carbocycles. The van der Waals surface area contributed by atoms with Gasteiger partial charge in [-0.2, -0.15) is 0 Å². The molecular formula is C15H20O6. The van der Waals surface area contributed by atoms with Gasteiger partial charge in [0.1, 0.15) is 22.8 Å². The number of carboxylic acids is 1. The fraction of sp³-hybridized carbons (Fsp3) is 0.467. The van der Waals surface area contributed by atoms with Gasteiger partial charge in [0, 0.05) is 25.0 Å². The van der Waals surface area contributed by atoms with E-state index < -0.39 is 5.97 Å². The lowest BCUT2D eigenvalue weighted by molar-refractivity contribution is -0.137. The molecular weight excluding hydrogens is 276 g/mol. The standard InChI is InChI=1S/C15H20O6/c1-9(6-14(17)18)5-11(16)15-12(20-3)7-10(19-2)8-13(15)21-4/h7-9H,5-6H2,1-4H3,(H,17,18). The number of Topliss-reactive ketones (excluding diaryl/α,β-unsaturated/α-hetero) is 1. The van der Waals surface area contributed by atoms with E-state index in [0.29, 0.717) is 22.8 Å². The smallest absolute Gasteiger partial charge is 0.303 e. The largest absolute Gasteiger partial charge is 0.496 e. The molecule has 0 aliphatic rings. The first-order valence-electron chi connectivity index (χ1n) is 6.47. The summed E-state index contributed by atoms with van der Waals surface area (Å²) in [6.07, 6.45) is 0.0396. The highest BCUT2D eigenvalue weighted by Gasteiger charge is 2.22. The molecule has 116 valence electrons. The second-order valence-corrected chi connectivity index (χ2v) is 4.74. The van der Waals surface area contributed by atoms with Crippen molar-refractivity contribution in [1.82, 2.24) is 0 Å². The van der Waals surface area contributed by atoms with E-state index in [0.717, 1.165) is 0 Å². The molecule has 1 unspecified atom stereocenters. The van der Waals surface area contributed by atoms with Crippen LogP contribution < -0.4 is 14.2 Å². The molecule has 1 atom stereocenters. The summed E-state index contributed by atoms with van der Waals surface area (Å²) in [4.78, 5) is 23.1. The van der Waals surface area contributed by atoms with Gasteiger partial charge in [-0.25, -0.2) is 0 Å². The van der Waals surface area contributed by atoms with Crippen LogP contribution in [0.2, 0.25) is 0 Å². The maximum Gasteiger partial charge on any atom is 0.303 e. The minimum atomic E-state index is -0.927. The molecule has 21 heavy (non-hydrogen) atoms. The van der Waals surface area contributed by atoms with Crippen molar-refractivity contribution in [3.05, 3.63) is 17.7 Å². The second-order valence-electron chi connectivity index (χ2n) is 4.74. The highest BCUT2D eigenvalue weighted by Crippen LogP contribution is 2.35. The van der Waals surface area contributed by atoms with E-state index in [4.69, 9.17) is 19.3 Å². The summed E-state index contributed by atoms with van der Waals surface area (Å²) in [6.45, 7) is 1.72. The number of hydrogen-bond donors (Lipinski definition) is 1. The minimum Gasteiger partial charge on any atom is -0.496 e. The summed E-state index contributed by atoms with van der Waals surface area (Å²) in [5.41, 5.74) is 0.304. The van der Waals surface area contributed by atoms with Crippen LogP contribution in [0.5, 0.6) is 17.2 Å². The number of carboxylic acid groups (broad SMARTS) is 1. The van der Waals surface area contributed by atoms with Crippen molar-refractivity contribution in [2.75, 3.05) is 21.3 Å². The molecule has 6 nitrogen and oxygen atoms in total. The molecule has 0 spiro atoms. The van der Waals surface area contributed by atoms with Gasteiger partial charge in [-0.3, -0.25) is 9.59 Å². The van der Waals surface area contributed by atoms with Crippen molar-refractivity contribution in [3.63, 3.8) is 0 Å². The fourth-order valence-electron chi connectivity index (χ4n) is 2.07. The Morgan fingerprint density at radius 2 is 1.57 bits per heavy atom. The maximum atomic E-state index is 12.4. The van der Waals surface area contributed by atoms with Crippen LogP contribution in [0.15, 0.2) is 12.1 Å². The Kier molecular flexibility index (Phi) is 6.02. The first-order valence-corrected chi connectivity index (χ1v) is 6.47. The summed E-state index contributed by atoms with van der Waals surface area (Å²) in [7, 11) is 4.40. The van der Waals surface area contributed by atoms with E-state index in [2.05, 4.69) is 0 Å². The molecule has 0 bridgehead atoms. The molecule has 0 fully saturated rings. The molecule has 0 aliphatic carbocycles. The topological polar surface area (TPSA) is 82.1 Å². The fourth-order valence-corrected chi connectivity index (χ4v) is 2.07. The highest BCUT2D eigenvalue weighted by molar-refractivity contribution is 6.01. The maximum absolute atomic E-state index is 12.4. The van der Waals surface area contributed by atoms with E-state index in [1.165, 1.54) is 21.3 Å². The summed E-state index contributed by atoms with van der Waals surface area (Å²) >= 11 is 0. The van der Waals surface area contributed by atoms with Crippen LogP contribution in [-0.2, 0) is 4.79 Å². The van der Waals surface area contributed by atoms with E-state index in [1.54, 1.807) is 19.1 Å². The number of methoxy groups -OCH3 is 3. The summed E-state index contributed by atoms with van der Waals surface area (Å²) in [5, 5.41) is 8.76. The molecule has 6 heteroatoms. The van der Waals surface area contributed by atoms with Crippen LogP contribution in [0, 0.1) is 5.92 Å². The third-order valence-corrected chi connectivity index (χ3v) is 3.05. The van der Waals surface area contributed by atoms with Crippen molar-refractivity contribution >= 4 is 11.8 Å². The second kappa shape index (κ2) is 7.52. The van der Waals surface area contributed by atoms with E-state index in [-0.39, 0.29) is 24.5 Å². The van der Waals surface area contributed by atoms with Crippen LogP contribution in [0.25, 0.3) is 0 Å². The van der Waals surface area contributed by atoms with Crippen molar-refractivity contribution < 1.29 is 28.9 Å². The summed E-state index contributed by atoms with van der Waals surface area (Å²) in [5.74, 6) is -0.216. The van der Waals surface area contributed by atoms with Crippen LogP contribution >= 0.6 is 0 Å². The molecule has 0 saturated heterocycles. The van der Waals surface area contributed by atoms with Gasteiger partial charge in [-0.15, -0.1) is 0 Å². The van der Waals surface area contributed by atoms with Crippen LogP contribution in [0.1, 0.15) is 30.1 Å². The van der Waals surface area contributed by atoms with Gasteiger partial charge < -0.3 is 19.3 Å². The number of ether oxygens (including phenoxy) is 3. The lowest BCUT2D eigenvalue weighted by Crippen LogP contribution is -2.12. The van der Waals surface area contributed by atoms with Gasteiger partial charge in [-0.1, -0.05) is 6.92 Å². The third kappa shape index (κ3) is 4.37. The Hall–Kier alpha value is -2.24. The summed E-state index contributed by atoms with van der Waals surface area (Å²) < 4.78 is 15.6. The van der Waals surface area contributed by atoms with Gasteiger partial charge >= 0.3 is 5.97 Å². The number of benzene rings is 1.